The lowest BCUT2D eigenvalue weighted by molar-refractivity contribution is -0.0198. The van der Waals surface area contributed by atoms with Gasteiger partial charge in [-0.2, -0.15) is 0 Å². The molecule has 0 bridgehead atoms. The highest BCUT2D eigenvalue weighted by Gasteiger charge is 2.46. The number of piperidine rings is 2. The highest BCUT2D eigenvalue weighted by atomic mass is 19.1. The Kier molecular flexibility index (Phi) is 5.70. The van der Waals surface area contributed by atoms with Gasteiger partial charge in [-0.25, -0.2) is 14.2 Å². The summed E-state index contributed by atoms with van der Waals surface area (Å²) in [6, 6.07) is 5.15. The summed E-state index contributed by atoms with van der Waals surface area (Å²) in [5.41, 5.74) is 2.64. The Labute approximate surface area is 199 Å². The topological polar surface area (TPSA) is 74.3 Å². The standard InChI is InChI=1S/C26H32FN5O2/c1-25(2,3)34-24(33)32-14-5-4-10-26(32)11-6-13-31(17-26)21-9-12-28-23-22(21)19(16-30-23)20-8-7-18(27)15-29-20/h7-9,12,15-16H,4-6,10-11,13-14,17H2,1-3H3,(H,28,30). The number of H-pyrrole nitrogens is 1. The molecule has 2 aliphatic rings. The molecule has 34 heavy (non-hydrogen) atoms. The first kappa shape index (κ1) is 22.6. The van der Waals surface area contributed by atoms with E-state index in [-0.39, 0.29) is 17.4 Å². The zero-order valence-corrected chi connectivity index (χ0v) is 20.1. The molecule has 1 spiro atoms. The van der Waals surface area contributed by atoms with E-state index < -0.39 is 5.60 Å². The monoisotopic (exact) mass is 465 g/mol. The number of ether oxygens (including phenoxy) is 1. The van der Waals surface area contributed by atoms with Crippen molar-refractivity contribution in [1.29, 1.82) is 0 Å². The average molecular weight is 466 g/mol. The Bertz CT molecular complexity index is 1180. The molecule has 8 heteroatoms. The number of halogens is 1. The van der Waals surface area contributed by atoms with E-state index in [0.717, 1.165) is 74.0 Å². The van der Waals surface area contributed by atoms with Crippen LogP contribution in [-0.4, -0.2) is 56.7 Å². The van der Waals surface area contributed by atoms with Crippen LogP contribution in [0.1, 0.15) is 52.9 Å². The van der Waals surface area contributed by atoms with Crippen molar-refractivity contribution in [2.75, 3.05) is 24.5 Å². The Hall–Kier alpha value is -3.16. The minimum Gasteiger partial charge on any atom is -0.444 e. The van der Waals surface area contributed by atoms with Crippen LogP contribution in [0.2, 0.25) is 0 Å². The number of carbonyl (C=O) groups excluding carboxylic acids is 1. The van der Waals surface area contributed by atoms with Crippen molar-refractivity contribution in [2.24, 2.45) is 0 Å². The summed E-state index contributed by atoms with van der Waals surface area (Å²) in [6.45, 7) is 8.11. The van der Waals surface area contributed by atoms with E-state index in [1.807, 2.05) is 44.1 Å². The number of aromatic nitrogens is 3. The van der Waals surface area contributed by atoms with Gasteiger partial charge in [0.1, 0.15) is 17.1 Å². The Morgan fingerprint density at radius 3 is 2.71 bits per heavy atom. The van der Waals surface area contributed by atoms with Crippen molar-refractivity contribution < 1.29 is 13.9 Å². The minimum absolute atomic E-state index is 0.216. The summed E-state index contributed by atoms with van der Waals surface area (Å²) in [4.78, 5) is 29.6. The van der Waals surface area contributed by atoms with Crippen LogP contribution in [0.3, 0.4) is 0 Å². The first-order valence-corrected chi connectivity index (χ1v) is 12.1. The van der Waals surface area contributed by atoms with Gasteiger partial charge in [0.15, 0.2) is 0 Å². The van der Waals surface area contributed by atoms with Crippen molar-refractivity contribution in [3.63, 3.8) is 0 Å². The number of likely N-dealkylation sites (tertiary alicyclic amines) is 1. The van der Waals surface area contributed by atoms with Gasteiger partial charge < -0.3 is 19.5 Å². The number of anilines is 1. The van der Waals surface area contributed by atoms with Gasteiger partial charge in [-0.3, -0.25) is 4.98 Å². The van der Waals surface area contributed by atoms with Crippen LogP contribution >= 0.6 is 0 Å². The number of aromatic amines is 1. The second-order valence-electron chi connectivity index (χ2n) is 10.5. The van der Waals surface area contributed by atoms with Crippen molar-refractivity contribution >= 4 is 22.8 Å². The van der Waals surface area contributed by atoms with Gasteiger partial charge in [-0.15, -0.1) is 0 Å². The molecule has 180 valence electrons. The van der Waals surface area contributed by atoms with Gasteiger partial charge in [0.05, 0.1) is 28.5 Å². The number of nitrogens with one attached hydrogen (secondary N) is 1. The van der Waals surface area contributed by atoms with Crippen LogP contribution in [0.15, 0.2) is 36.8 Å². The summed E-state index contributed by atoms with van der Waals surface area (Å²) >= 11 is 0. The van der Waals surface area contributed by atoms with Crippen molar-refractivity contribution in [3.8, 4) is 11.3 Å². The molecule has 1 atom stereocenters. The van der Waals surface area contributed by atoms with Crippen LogP contribution < -0.4 is 4.90 Å². The van der Waals surface area contributed by atoms with Crippen LogP contribution in [-0.2, 0) is 4.74 Å². The molecule has 0 radical (unpaired) electrons. The molecule has 1 N–H and O–H groups in total. The molecule has 1 amide bonds. The van der Waals surface area contributed by atoms with Crippen molar-refractivity contribution in [1.82, 2.24) is 19.9 Å². The van der Waals surface area contributed by atoms with Crippen LogP contribution in [0.5, 0.6) is 0 Å². The third kappa shape index (κ3) is 4.21. The van der Waals surface area contributed by atoms with Crippen LogP contribution in [0.4, 0.5) is 14.9 Å². The second-order valence-corrected chi connectivity index (χ2v) is 10.5. The molecule has 3 aromatic rings. The molecule has 5 heterocycles. The third-order valence-electron chi connectivity index (χ3n) is 6.91. The van der Waals surface area contributed by atoms with E-state index in [9.17, 15) is 9.18 Å². The number of carbonyl (C=O) groups is 1. The molecule has 0 aliphatic carbocycles. The quantitative estimate of drug-likeness (QED) is 0.539. The van der Waals surface area contributed by atoms with Crippen LogP contribution in [0, 0.1) is 5.82 Å². The fourth-order valence-corrected chi connectivity index (χ4v) is 5.48. The van der Waals surface area contributed by atoms with Gasteiger partial charge in [0.25, 0.3) is 0 Å². The number of hydrogen-bond donors (Lipinski definition) is 1. The molecular weight excluding hydrogens is 433 g/mol. The number of rotatable bonds is 2. The molecule has 2 aliphatic heterocycles. The van der Waals surface area contributed by atoms with E-state index in [4.69, 9.17) is 4.74 Å². The zero-order chi connectivity index (χ0) is 23.9. The summed E-state index contributed by atoms with van der Waals surface area (Å²) < 4.78 is 19.3. The van der Waals surface area contributed by atoms with E-state index >= 15 is 0 Å². The number of pyridine rings is 2. The molecule has 5 rings (SSSR count). The van der Waals surface area contributed by atoms with Crippen LogP contribution in [0.25, 0.3) is 22.3 Å². The summed E-state index contributed by atoms with van der Waals surface area (Å²) in [7, 11) is 0. The Morgan fingerprint density at radius 2 is 1.94 bits per heavy atom. The second kappa shape index (κ2) is 8.56. The minimum atomic E-state index is -0.524. The summed E-state index contributed by atoms with van der Waals surface area (Å²) in [5, 5.41) is 0.971. The fourth-order valence-electron chi connectivity index (χ4n) is 5.48. The smallest absolute Gasteiger partial charge is 0.410 e. The predicted molar refractivity (Wildman–Crippen MR) is 130 cm³/mol. The summed E-state index contributed by atoms with van der Waals surface area (Å²) in [6.07, 6.45) is 9.74. The lowest BCUT2D eigenvalue weighted by Crippen LogP contribution is -2.63. The van der Waals surface area contributed by atoms with Gasteiger partial charge in [0.2, 0.25) is 0 Å². The van der Waals surface area contributed by atoms with Gasteiger partial charge in [-0.1, -0.05) is 0 Å². The number of nitrogens with zero attached hydrogens (tertiary/aromatic N) is 4. The fraction of sp³-hybridized carbons (Fsp3) is 0.500. The Balaban J connectivity index is 1.51. The highest BCUT2D eigenvalue weighted by molar-refractivity contribution is 6.02. The maximum atomic E-state index is 13.5. The third-order valence-corrected chi connectivity index (χ3v) is 6.91. The van der Waals surface area contributed by atoms with Gasteiger partial charge >= 0.3 is 6.09 Å². The van der Waals surface area contributed by atoms with E-state index in [2.05, 4.69) is 19.9 Å². The van der Waals surface area contributed by atoms with Crippen molar-refractivity contribution in [2.45, 2.75) is 64.0 Å². The first-order valence-electron chi connectivity index (χ1n) is 12.1. The van der Waals surface area contributed by atoms with E-state index in [1.54, 1.807) is 6.07 Å². The Morgan fingerprint density at radius 1 is 1.12 bits per heavy atom. The van der Waals surface area contributed by atoms with E-state index in [0.29, 0.717) is 5.69 Å². The molecule has 1 unspecified atom stereocenters. The molecule has 0 saturated carbocycles. The highest BCUT2D eigenvalue weighted by Crippen LogP contribution is 2.41. The predicted octanol–water partition coefficient (Wildman–Crippen LogP) is 5.52. The average Bonchev–Trinajstić information content (AvgIpc) is 3.23. The normalized spacial score (nSPS) is 21.3. The zero-order valence-electron chi connectivity index (χ0n) is 20.1. The summed E-state index contributed by atoms with van der Waals surface area (Å²) in [5.74, 6) is -0.362. The molecule has 7 nitrogen and oxygen atoms in total. The lowest BCUT2D eigenvalue weighted by Gasteiger charge is -2.52. The largest absolute Gasteiger partial charge is 0.444 e. The molecular formula is C26H32FN5O2. The molecule has 2 saturated heterocycles. The number of hydrogen-bond acceptors (Lipinski definition) is 5. The molecule has 2 fully saturated rings. The number of amides is 1. The first-order chi connectivity index (χ1) is 16.3. The lowest BCUT2D eigenvalue weighted by atomic mass is 9.79. The number of fused-ring (bicyclic) bond motifs is 1. The van der Waals surface area contributed by atoms with Gasteiger partial charge in [0, 0.05) is 37.6 Å². The molecule has 0 aromatic carbocycles. The molecule has 3 aromatic heterocycles. The maximum absolute atomic E-state index is 13.5. The SMILES string of the molecule is CC(C)(C)OC(=O)N1CCCCC12CCCN(c1ccnc3[nH]cc(-c4ccc(F)cn4)c13)C2. The van der Waals surface area contributed by atoms with Crippen molar-refractivity contribution in [3.05, 3.63) is 42.6 Å². The van der Waals surface area contributed by atoms with Gasteiger partial charge in [-0.05, 0) is 71.1 Å². The van der Waals surface area contributed by atoms with E-state index in [1.165, 1.54) is 12.3 Å². The maximum Gasteiger partial charge on any atom is 0.410 e.